The molecule has 104 valence electrons. The molecule has 0 aliphatic carbocycles. The zero-order valence-electron chi connectivity index (χ0n) is 11.1. The lowest BCUT2D eigenvalue weighted by atomic mass is 10.3. The fourth-order valence-electron chi connectivity index (χ4n) is 1.04. The smallest absolute Gasteiger partial charge is 0.333 e. The second-order valence-corrected chi connectivity index (χ2v) is 3.80. The molecule has 0 aliphatic heterocycles. The van der Waals surface area contributed by atoms with Crippen molar-refractivity contribution >= 4 is 12.0 Å². The summed E-state index contributed by atoms with van der Waals surface area (Å²) < 4.78 is 9.72. The molecule has 0 spiro atoms. The lowest BCUT2D eigenvalue weighted by Gasteiger charge is -2.07. The molecule has 2 amide bonds. The summed E-state index contributed by atoms with van der Waals surface area (Å²) in [6, 6.07) is -0.225. The van der Waals surface area contributed by atoms with Gasteiger partial charge in [-0.3, -0.25) is 0 Å². The lowest BCUT2D eigenvalue weighted by molar-refractivity contribution is -0.138. The molecule has 2 N–H and O–H groups in total. The van der Waals surface area contributed by atoms with E-state index >= 15 is 0 Å². The molecule has 0 fully saturated rings. The molecule has 0 unspecified atom stereocenters. The number of urea groups is 1. The Morgan fingerprint density at radius 2 is 1.67 bits per heavy atom. The van der Waals surface area contributed by atoms with Gasteiger partial charge in [0.05, 0.1) is 6.61 Å². The molecular formula is C12H22N2O4. The van der Waals surface area contributed by atoms with Crippen LogP contribution in [0.1, 0.15) is 19.8 Å². The van der Waals surface area contributed by atoms with Crippen molar-refractivity contribution in [3.05, 3.63) is 12.2 Å². The molecule has 0 saturated carbocycles. The van der Waals surface area contributed by atoms with Crippen LogP contribution in [0.2, 0.25) is 0 Å². The quantitative estimate of drug-likeness (QED) is 0.365. The maximum atomic E-state index is 11.2. The van der Waals surface area contributed by atoms with E-state index in [1.165, 1.54) is 0 Å². The van der Waals surface area contributed by atoms with E-state index in [4.69, 9.17) is 9.47 Å². The highest BCUT2D eigenvalue weighted by molar-refractivity contribution is 5.86. The Kier molecular flexibility index (Phi) is 9.67. The van der Waals surface area contributed by atoms with Crippen LogP contribution in [0.3, 0.4) is 0 Å². The van der Waals surface area contributed by atoms with E-state index in [2.05, 4.69) is 17.2 Å². The third-order valence-electron chi connectivity index (χ3n) is 2.00. The Hall–Kier alpha value is -1.56. The van der Waals surface area contributed by atoms with Crippen LogP contribution in [0, 0.1) is 0 Å². The van der Waals surface area contributed by atoms with Crippen LogP contribution in [0.5, 0.6) is 0 Å². The first kappa shape index (κ1) is 16.4. The number of ether oxygens (including phenoxy) is 2. The average Bonchev–Trinajstić information content (AvgIpc) is 2.33. The van der Waals surface area contributed by atoms with Crippen molar-refractivity contribution in [1.29, 1.82) is 0 Å². The number of hydrogen-bond donors (Lipinski definition) is 2. The number of amides is 2. The summed E-state index contributed by atoms with van der Waals surface area (Å²) in [6.45, 7) is 6.99. The van der Waals surface area contributed by atoms with E-state index in [1.807, 2.05) is 0 Å². The van der Waals surface area contributed by atoms with Gasteiger partial charge in [-0.25, -0.2) is 9.59 Å². The van der Waals surface area contributed by atoms with Gasteiger partial charge in [0.2, 0.25) is 0 Å². The fraction of sp³-hybridized carbons (Fsp3) is 0.667. The Balaban J connectivity index is 3.35. The van der Waals surface area contributed by atoms with Crippen molar-refractivity contribution in [3.63, 3.8) is 0 Å². The summed E-state index contributed by atoms with van der Waals surface area (Å²) in [5.41, 5.74) is 0.374. The van der Waals surface area contributed by atoms with E-state index in [0.717, 1.165) is 6.42 Å². The minimum absolute atomic E-state index is 0.225. The summed E-state index contributed by atoms with van der Waals surface area (Å²) in [4.78, 5) is 22.2. The summed E-state index contributed by atoms with van der Waals surface area (Å²) in [6.07, 6.45) is 1.35. The van der Waals surface area contributed by atoms with Crippen LogP contribution in [-0.2, 0) is 14.3 Å². The highest BCUT2D eigenvalue weighted by atomic mass is 16.5. The van der Waals surface area contributed by atoms with Crippen LogP contribution in [0.15, 0.2) is 12.2 Å². The monoisotopic (exact) mass is 258 g/mol. The van der Waals surface area contributed by atoms with Crippen molar-refractivity contribution in [3.8, 4) is 0 Å². The second-order valence-electron chi connectivity index (χ2n) is 3.80. The summed E-state index contributed by atoms with van der Waals surface area (Å²) in [5, 5.41) is 5.34. The number of carbonyl (C=O) groups excluding carboxylic acids is 2. The molecule has 0 saturated heterocycles. The first-order valence-corrected chi connectivity index (χ1v) is 5.91. The molecule has 0 bridgehead atoms. The number of carbonyl (C=O) groups is 2. The van der Waals surface area contributed by atoms with Gasteiger partial charge in [-0.15, -0.1) is 0 Å². The van der Waals surface area contributed by atoms with Crippen LogP contribution in [0.25, 0.3) is 0 Å². The maximum absolute atomic E-state index is 11.2. The number of hydrogen-bond acceptors (Lipinski definition) is 4. The van der Waals surface area contributed by atoms with Gasteiger partial charge >= 0.3 is 12.0 Å². The van der Waals surface area contributed by atoms with Gasteiger partial charge in [0.1, 0.15) is 0 Å². The number of esters is 1. The minimum Gasteiger partial charge on any atom is -0.462 e. The Morgan fingerprint density at radius 1 is 1.11 bits per heavy atom. The van der Waals surface area contributed by atoms with Gasteiger partial charge in [0, 0.05) is 32.4 Å². The molecule has 0 rings (SSSR count). The Morgan fingerprint density at radius 3 is 2.17 bits per heavy atom. The zero-order valence-corrected chi connectivity index (χ0v) is 11.1. The summed E-state index contributed by atoms with van der Waals surface area (Å²) in [7, 11) is 1.62. The molecule has 0 aromatic rings. The topological polar surface area (TPSA) is 76.7 Å². The predicted octanol–water partition coefficient (Wildman–Crippen LogP) is 0.831. The van der Waals surface area contributed by atoms with Gasteiger partial charge in [0.15, 0.2) is 0 Å². The average molecular weight is 258 g/mol. The normalized spacial score (nSPS) is 9.67. The zero-order chi connectivity index (χ0) is 13.8. The van der Waals surface area contributed by atoms with Crippen molar-refractivity contribution in [1.82, 2.24) is 10.6 Å². The molecule has 6 heteroatoms. The minimum atomic E-state index is -0.404. The van der Waals surface area contributed by atoms with Crippen molar-refractivity contribution in [2.24, 2.45) is 0 Å². The molecular weight excluding hydrogens is 236 g/mol. The maximum Gasteiger partial charge on any atom is 0.333 e. The number of rotatable bonds is 9. The molecule has 0 aliphatic rings. The van der Waals surface area contributed by atoms with Crippen LogP contribution < -0.4 is 10.6 Å². The standard InChI is InChI=1S/C12H22N2O4/c1-10(2)11(15)18-9-5-7-14-12(16)13-6-4-8-17-3/h1,4-9H2,2-3H3,(H2,13,14,16). The molecule has 0 aromatic carbocycles. The summed E-state index contributed by atoms with van der Waals surface area (Å²) in [5.74, 6) is -0.404. The predicted molar refractivity (Wildman–Crippen MR) is 68.3 cm³/mol. The van der Waals surface area contributed by atoms with Gasteiger partial charge < -0.3 is 20.1 Å². The highest BCUT2D eigenvalue weighted by Gasteiger charge is 2.02. The Labute approximate surface area is 108 Å². The van der Waals surface area contributed by atoms with Crippen LogP contribution in [-0.4, -0.2) is 45.4 Å². The van der Waals surface area contributed by atoms with E-state index in [1.54, 1.807) is 14.0 Å². The fourth-order valence-corrected chi connectivity index (χ4v) is 1.04. The number of methoxy groups -OCH3 is 1. The largest absolute Gasteiger partial charge is 0.462 e. The van der Waals surface area contributed by atoms with Gasteiger partial charge in [0.25, 0.3) is 0 Å². The van der Waals surface area contributed by atoms with Gasteiger partial charge in [-0.1, -0.05) is 6.58 Å². The van der Waals surface area contributed by atoms with Crippen LogP contribution >= 0.6 is 0 Å². The van der Waals surface area contributed by atoms with Crippen LogP contribution in [0.4, 0.5) is 4.79 Å². The van der Waals surface area contributed by atoms with E-state index in [-0.39, 0.29) is 12.6 Å². The summed E-state index contributed by atoms with van der Waals surface area (Å²) >= 11 is 0. The van der Waals surface area contributed by atoms with Crippen molar-refractivity contribution < 1.29 is 19.1 Å². The third-order valence-corrected chi connectivity index (χ3v) is 2.00. The SMILES string of the molecule is C=C(C)C(=O)OCCCNC(=O)NCCCOC. The second kappa shape index (κ2) is 10.6. The molecule has 0 radical (unpaired) electrons. The first-order chi connectivity index (χ1) is 8.57. The Bertz CT molecular complexity index is 279. The van der Waals surface area contributed by atoms with Gasteiger partial charge in [-0.05, 0) is 19.8 Å². The van der Waals surface area contributed by atoms with Crippen molar-refractivity contribution in [2.45, 2.75) is 19.8 Å². The number of nitrogens with one attached hydrogen (secondary N) is 2. The third kappa shape index (κ3) is 9.65. The first-order valence-electron chi connectivity index (χ1n) is 5.91. The van der Waals surface area contributed by atoms with E-state index < -0.39 is 5.97 Å². The van der Waals surface area contributed by atoms with Gasteiger partial charge in [-0.2, -0.15) is 0 Å². The molecule has 18 heavy (non-hydrogen) atoms. The van der Waals surface area contributed by atoms with E-state index in [9.17, 15) is 9.59 Å². The van der Waals surface area contributed by atoms with Crippen molar-refractivity contribution in [2.75, 3.05) is 33.4 Å². The highest BCUT2D eigenvalue weighted by Crippen LogP contribution is 1.92. The molecule has 0 heterocycles. The molecule has 0 aromatic heterocycles. The molecule has 0 atom stereocenters. The van der Waals surface area contributed by atoms with E-state index in [0.29, 0.717) is 31.7 Å². The lowest BCUT2D eigenvalue weighted by Crippen LogP contribution is -2.37. The molecule has 6 nitrogen and oxygen atoms in total.